The molecule has 122 valence electrons. The van der Waals surface area contributed by atoms with Crippen molar-refractivity contribution in [3.8, 4) is 0 Å². The molecule has 3 rings (SSSR count). The van der Waals surface area contributed by atoms with Crippen molar-refractivity contribution in [2.24, 2.45) is 0 Å². The minimum absolute atomic E-state index is 0.225. The van der Waals surface area contributed by atoms with Gasteiger partial charge in [0.1, 0.15) is 11.1 Å². The number of anilines is 1. The number of rotatable bonds is 3. The van der Waals surface area contributed by atoms with Crippen LogP contribution in [0.4, 0.5) is 5.82 Å². The lowest BCUT2D eigenvalue weighted by Crippen LogP contribution is -2.41. The molecule has 0 radical (unpaired) electrons. The zero-order valence-electron chi connectivity index (χ0n) is 12.4. The van der Waals surface area contributed by atoms with E-state index in [0.717, 1.165) is 31.7 Å². The summed E-state index contributed by atoms with van der Waals surface area (Å²) >= 11 is 0. The maximum atomic E-state index is 12.5. The minimum atomic E-state index is -3.45. The van der Waals surface area contributed by atoms with E-state index in [0.29, 0.717) is 26.3 Å². The minimum Gasteiger partial charge on any atom is -0.393 e. The van der Waals surface area contributed by atoms with Gasteiger partial charge in [-0.2, -0.15) is 4.31 Å². The molecule has 2 N–H and O–H groups in total. The Labute approximate surface area is 130 Å². The third-order valence-corrected chi connectivity index (χ3v) is 6.08. The average molecular weight is 328 g/mol. The second kappa shape index (κ2) is 6.49. The molecule has 0 spiro atoms. The number of aliphatic hydroxyl groups is 1. The third kappa shape index (κ3) is 3.24. The first-order chi connectivity index (χ1) is 10.6. The van der Waals surface area contributed by atoms with Crippen molar-refractivity contribution in [1.29, 1.82) is 0 Å². The molecule has 2 aliphatic heterocycles. The highest BCUT2D eigenvalue weighted by Gasteiger charge is 2.28. The highest BCUT2D eigenvalue weighted by Crippen LogP contribution is 2.19. The fourth-order valence-corrected chi connectivity index (χ4v) is 4.18. The molecule has 1 aromatic heterocycles. The van der Waals surface area contributed by atoms with Gasteiger partial charge in [0.25, 0.3) is 5.82 Å². The average Bonchev–Trinajstić information content (AvgIpc) is 2.56. The van der Waals surface area contributed by atoms with E-state index in [4.69, 9.17) is 4.74 Å². The first kappa shape index (κ1) is 15.7. The van der Waals surface area contributed by atoms with E-state index in [1.807, 2.05) is 0 Å². The predicted octanol–water partition coefficient (Wildman–Crippen LogP) is -0.517. The number of nitrogens with one attached hydrogen (secondary N) is 1. The molecule has 0 unspecified atom stereocenters. The Balaban J connectivity index is 1.73. The largest absolute Gasteiger partial charge is 0.393 e. The SMILES string of the molecule is O=S(=O)(c1ccc(N2CCC(O)CC2)[nH+]c1)N1CCOCC1. The van der Waals surface area contributed by atoms with Gasteiger partial charge >= 0.3 is 0 Å². The summed E-state index contributed by atoms with van der Waals surface area (Å²) in [6.45, 7) is 3.22. The van der Waals surface area contributed by atoms with Gasteiger partial charge in [-0.15, -0.1) is 0 Å². The molecule has 7 nitrogen and oxygen atoms in total. The first-order valence-corrected chi connectivity index (χ1v) is 9.04. The van der Waals surface area contributed by atoms with Crippen LogP contribution in [0, 0.1) is 0 Å². The fraction of sp³-hybridized carbons (Fsp3) is 0.643. The van der Waals surface area contributed by atoms with Gasteiger partial charge in [-0.1, -0.05) is 0 Å². The number of morpholine rings is 1. The van der Waals surface area contributed by atoms with Crippen molar-refractivity contribution < 1.29 is 23.2 Å². The number of piperidine rings is 1. The third-order valence-electron chi connectivity index (χ3n) is 4.18. The molecule has 0 atom stereocenters. The maximum absolute atomic E-state index is 12.5. The molecule has 2 aliphatic rings. The van der Waals surface area contributed by atoms with Crippen LogP contribution in [0.15, 0.2) is 23.2 Å². The predicted molar refractivity (Wildman–Crippen MR) is 80.0 cm³/mol. The molecule has 0 bridgehead atoms. The number of hydrogen-bond acceptors (Lipinski definition) is 5. The van der Waals surface area contributed by atoms with Crippen molar-refractivity contribution in [2.45, 2.75) is 23.8 Å². The Morgan fingerprint density at radius 1 is 1.14 bits per heavy atom. The van der Waals surface area contributed by atoms with Crippen molar-refractivity contribution >= 4 is 15.8 Å². The molecule has 1 aromatic rings. The van der Waals surface area contributed by atoms with E-state index in [2.05, 4.69) is 9.88 Å². The topological polar surface area (TPSA) is 84.2 Å². The summed E-state index contributed by atoms with van der Waals surface area (Å²) in [4.78, 5) is 5.47. The summed E-state index contributed by atoms with van der Waals surface area (Å²) in [5.74, 6) is 0.882. The van der Waals surface area contributed by atoms with E-state index in [-0.39, 0.29) is 11.0 Å². The molecular weight excluding hydrogens is 306 g/mol. The molecular formula is C14H22N3O4S+. The van der Waals surface area contributed by atoms with Gasteiger partial charge in [-0.05, 0) is 6.07 Å². The van der Waals surface area contributed by atoms with E-state index in [1.165, 1.54) is 4.31 Å². The highest BCUT2D eigenvalue weighted by molar-refractivity contribution is 7.89. The zero-order chi connectivity index (χ0) is 15.6. The first-order valence-electron chi connectivity index (χ1n) is 7.60. The fourth-order valence-electron chi connectivity index (χ4n) is 2.80. The van der Waals surface area contributed by atoms with Crippen LogP contribution in [0.1, 0.15) is 12.8 Å². The Morgan fingerprint density at radius 2 is 1.82 bits per heavy atom. The molecule has 0 amide bonds. The highest BCUT2D eigenvalue weighted by atomic mass is 32.2. The number of hydrogen-bond donors (Lipinski definition) is 1. The quantitative estimate of drug-likeness (QED) is 0.807. The second-order valence-electron chi connectivity index (χ2n) is 5.64. The standard InChI is InChI=1S/C14H21N3O4S/c18-12-3-5-16(6-4-12)14-2-1-13(11-15-14)22(19,20)17-7-9-21-10-8-17/h1-2,11-12,18H,3-10H2/p+1. The number of H-pyrrole nitrogens is 1. The van der Waals surface area contributed by atoms with Crippen LogP contribution in [-0.2, 0) is 14.8 Å². The van der Waals surface area contributed by atoms with Crippen molar-refractivity contribution in [2.75, 3.05) is 44.3 Å². The summed E-state index contributed by atoms with van der Waals surface area (Å²) in [5.41, 5.74) is 0. The Morgan fingerprint density at radius 3 is 2.41 bits per heavy atom. The Hall–Kier alpha value is -1.22. The lowest BCUT2D eigenvalue weighted by Gasteiger charge is -2.26. The van der Waals surface area contributed by atoms with Gasteiger partial charge < -0.3 is 9.84 Å². The summed E-state index contributed by atoms with van der Waals surface area (Å²) < 4.78 is 31.7. The normalized spacial score (nSPS) is 22.0. The van der Waals surface area contributed by atoms with E-state index < -0.39 is 10.0 Å². The lowest BCUT2D eigenvalue weighted by molar-refractivity contribution is -0.367. The van der Waals surface area contributed by atoms with Gasteiger partial charge in [0.15, 0.2) is 0 Å². The van der Waals surface area contributed by atoms with Gasteiger partial charge in [0.2, 0.25) is 10.0 Å². The van der Waals surface area contributed by atoms with E-state index in [9.17, 15) is 13.5 Å². The van der Waals surface area contributed by atoms with Crippen molar-refractivity contribution in [1.82, 2.24) is 4.31 Å². The molecule has 0 aromatic carbocycles. The molecule has 2 saturated heterocycles. The van der Waals surface area contributed by atoms with Gasteiger partial charge in [0, 0.05) is 32.0 Å². The summed E-state index contributed by atoms with van der Waals surface area (Å²) in [6.07, 6.45) is 2.80. The van der Waals surface area contributed by atoms with E-state index in [1.54, 1.807) is 18.3 Å². The second-order valence-corrected chi connectivity index (χ2v) is 7.58. The van der Waals surface area contributed by atoms with Crippen LogP contribution in [0.25, 0.3) is 0 Å². The lowest BCUT2D eigenvalue weighted by atomic mass is 10.1. The maximum Gasteiger partial charge on any atom is 0.274 e. The number of nitrogens with zero attached hydrogens (tertiary/aromatic N) is 2. The molecule has 2 fully saturated rings. The van der Waals surface area contributed by atoms with Crippen LogP contribution in [0.5, 0.6) is 0 Å². The summed E-state index contributed by atoms with van der Waals surface area (Å²) in [6, 6.07) is 3.44. The summed E-state index contributed by atoms with van der Waals surface area (Å²) in [7, 11) is -3.45. The smallest absolute Gasteiger partial charge is 0.274 e. The number of aromatic amines is 1. The van der Waals surface area contributed by atoms with Crippen LogP contribution in [0.2, 0.25) is 0 Å². The molecule has 0 aliphatic carbocycles. The van der Waals surface area contributed by atoms with Gasteiger partial charge in [-0.3, -0.25) is 4.90 Å². The number of ether oxygens (including phenoxy) is 1. The zero-order valence-corrected chi connectivity index (χ0v) is 13.3. The van der Waals surface area contributed by atoms with Gasteiger partial charge in [-0.25, -0.2) is 13.4 Å². The Bertz CT molecular complexity index is 591. The molecule has 0 saturated carbocycles. The monoisotopic (exact) mass is 328 g/mol. The number of pyridine rings is 1. The van der Waals surface area contributed by atoms with Gasteiger partial charge in [0.05, 0.1) is 32.4 Å². The number of aliphatic hydroxyl groups excluding tert-OH is 1. The Kier molecular flexibility index (Phi) is 4.62. The van der Waals surface area contributed by atoms with Crippen molar-refractivity contribution in [3.63, 3.8) is 0 Å². The van der Waals surface area contributed by atoms with E-state index >= 15 is 0 Å². The molecule has 3 heterocycles. The summed E-state index contributed by atoms with van der Waals surface area (Å²) in [5, 5.41) is 9.54. The van der Waals surface area contributed by atoms with Crippen LogP contribution < -0.4 is 9.88 Å². The van der Waals surface area contributed by atoms with Crippen LogP contribution in [-0.4, -0.2) is 63.3 Å². The molecule has 22 heavy (non-hydrogen) atoms. The number of sulfonamides is 1. The number of aromatic nitrogens is 1. The molecule has 8 heteroatoms. The van der Waals surface area contributed by atoms with Crippen molar-refractivity contribution in [3.05, 3.63) is 18.3 Å². The van der Waals surface area contributed by atoms with Crippen LogP contribution >= 0.6 is 0 Å². The van der Waals surface area contributed by atoms with Crippen LogP contribution in [0.3, 0.4) is 0 Å².